The molecule has 1 heterocycles. The molecule has 1 aliphatic heterocycles. The summed E-state index contributed by atoms with van der Waals surface area (Å²) < 4.78 is 28.4. The first-order valence-corrected chi connectivity index (χ1v) is 11.4. The van der Waals surface area contributed by atoms with E-state index in [9.17, 15) is 9.59 Å². The normalized spacial score (nSPS) is 25.2. The van der Waals surface area contributed by atoms with E-state index in [1.54, 1.807) is 0 Å². The van der Waals surface area contributed by atoms with Crippen LogP contribution in [0.15, 0.2) is 60.7 Å². The molecule has 0 bridgehead atoms. The molecular formula is C23H24BrClO7. The van der Waals surface area contributed by atoms with Crippen molar-refractivity contribution in [3.63, 3.8) is 0 Å². The zero-order valence-corrected chi connectivity index (χ0v) is 19.7. The van der Waals surface area contributed by atoms with Crippen molar-refractivity contribution in [2.45, 2.75) is 42.6 Å². The number of ether oxygens (including phenoxy) is 5. The summed E-state index contributed by atoms with van der Waals surface area (Å²) in [6.07, 6.45) is -3.87. The third-order valence-corrected chi connectivity index (χ3v) is 5.82. The van der Waals surface area contributed by atoms with Crippen molar-refractivity contribution >= 4 is 39.5 Å². The van der Waals surface area contributed by atoms with Gasteiger partial charge in [-0.3, -0.25) is 4.79 Å². The minimum atomic E-state index is -1.21. The summed E-state index contributed by atoms with van der Waals surface area (Å²) in [7, 11) is 1.23. The number of halogens is 2. The van der Waals surface area contributed by atoms with Gasteiger partial charge in [-0.1, -0.05) is 76.6 Å². The fourth-order valence-electron chi connectivity index (χ4n) is 3.31. The smallest absolute Gasteiger partial charge is 0.339 e. The molecule has 5 atom stereocenters. The Kier molecular flexibility index (Phi) is 9.50. The van der Waals surface area contributed by atoms with Gasteiger partial charge in [0, 0.05) is 0 Å². The molecule has 32 heavy (non-hydrogen) atoms. The highest BCUT2D eigenvalue weighted by Crippen LogP contribution is 2.33. The topological polar surface area (TPSA) is 80.3 Å². The van der Waals surface area contributed by atoms with Gasteiger partial charge in [0.1, 0.15) is 23.1 Å². The first-order valence-electron chi connectivity index (χ1n) is 9.97. The predicted octanol–water partition coefficient (Wildman–Crippen LogP) is 3.60. The van der Waals surface area contributed by atoms with E-state index in [-0.39, 0.29) is 19.1 Å². The molecule has 0 aliphatic carbocycles. The Labute approximate surface area is 200 Å². The second kappa shape index (κ2) is 12.3. The van der Waals surface area contributed by atoms with E-state index in [1.807, 2.05) is 60.7 Å². The van der Waals surface area contributed by atoms with E-state index >= 15 is 0 Å². The van der Waals surface area contributed by atoms with Crippen molar-refractivity contribution in [1.29, 1.82) is 0 Å². The third-order valence-electron chi connectivity index (χ3n) is 4.86. The minimum Gasteiger partial charge on any atom is -0.467 e. The molecule has 0 spiro atoms. The molecule has 0 aromatic heterocycles. The molecule has 3 rings (SSSR count). The van der Waals surface area contributed by atoms with Crippen molar-refractivity contribution in [1.82, 2.24) is 0 Å². The van der Waals surface area contributed by atoms with Crippen LogP contribution in [0.2, 0.25) is 0 Å². The van der Waals surface area contributed by atoms with Crippen LogP contribution >= 0.6 is 27.5 Å². The van der Waals surface area contributed by atoms with Gasteiger partial charge in [0.15, 0.2) is 12.2 Å². The van der Waals surface area contributed by atoms with Crippen LogP contribution in [0.1, 0.15) is 11.1 Å². The number of benzene rings is 2. The van der Waals surface area contributed by atoms with E-state index in [0.29, 0.717) is 0 Å². The molecule has 1 fully saturated rings. The Morgan fingerprint density at radius 3 is 1.94 bits per heavy atom. The standard InChI is InChI=1S/C23H24BrClO7/c1-28-23(27)21-19(31-17(26)12-25)18(29-13-15-8-4-2-5-9-15)20(22(24)32-21)30-14-16-10-6-3-7-11-16/h2-11,18-22H,12-14H2,1H3/t18-,19-,20+,21-,22-/m0/s1. The molecule has 1 aliphatic rings. The van der Waals surface area contributed by atoms with Crippen molar-refractivity contribution in [3.05, 3.63) is 71.8 Å². The lowest BCUT2D eigenvalue weighted by Gasteiger charge is -2.43. The van der Waals surface area contributed by atoms with Gasteiger partial charge in [-0.05, 0) is 11.1 Å². The number of carbonyl (C=O) groups is 2. The Hall–Kier alpha value is -1.97. The lowest BCUT2D eigenvalue weighted by atomic mass is 9.98. The van der Waals surface area contributed by atoms with Crippen molar-refractivity contribution in [2.24, 2.45) is 0 Å². The molecule has 7 nitrogen and oxygen atoms in total. The highest BCUT2D eigenvalue weighted by Gasteiger charge is 2.52. The van der Waals surface area contributed by atoms with Crippen molar-refractivity contribution in [2.75, 3.05) is 13.0 Å². The highest BCUT2D eigenvalue weighted by molar-refractivity contribution is 9.09. The van der Waals surface area contributed by atoms with E-state index in [1.165, 1.54) is 7.11 Å². The van der Waals surface area contributed by atoms with Crippen molar-refractivity contribution in [3.8, 4) is 0 Å². The molecule has 1 saturated heterocycles. The van der Waals surface area contributed by atoms with E-state index in [0.717, 1.165) is 11.1 Å². The summed E-state index contributed by atoms with van der Waals surface area (Å²) in [5, 5.41) is -0.720. The van der Waals surface area contributed by atoms with Crippen LogP contribution in [0.25, 0.3) is 0 Å². The van der Waals surface area contributed by atoms with Crippen LogP contribution in [0, 0.1) is 0 Å². The van der Waals surface area contributed by atoms with Crippen LogP contribution in [0.5, 0.6) is 0 Å². The Bertz CT molecular complexity index is 867. The fraction of sp³-hybridized carbons (Fsp3) is 0.391. The zero-order chi connectivity index (χ0) is 22.9. The molecular weight excluding hydrogens is 504 g/mol. The van der Waals surface area contributed by atoms with Gasteiger partial charge in [-0.2, -0.15) is 0 Å². The number of hydrogen-bond donors (Lipinski definition) is 0. The van der Waals surface area contributed by atoms with Crippen LogP contribution in [0.4, 0.5) is 0 Å². The van der Waals surface area contributed by atoms with Crippen LogP contribution in [0.3, 0.4) is 0 Å². The molecule has 0 radical (unpaired) electrons. The molecule has 2 aromatic carbocycles. The Balaban J connectivity index is 1.86. The van der Waals surface area contributed by atoms with E-state index < -0.39 is 41.4 Å². The number of alkyl halides is 2. The van der Waals surface area contributed by atoms with Gasteiger partial charge in [-0.25, -0.2) is 4.79 Å². The summed E-state index contributed by atoms with van der Waals surface area (Å²) in [6, 6.07) is 19.1. The second-order valence-electron chi connectivity index (χ2n) is 7.04. The summed E-state index contributed by atoms with van der Waals surface area (Å²) in [4.78, 5) is 24.5. The van der Waals surface area contributed by atoms with Gasteiger partial charge in [-0.15, -0.1) is 11.6 Å². The van der Waals surface area contributed by atoms with E-state index in [4.69, 9.17) is 35.3 Å². The maximum Gasteiger partial charge on any atom is 0.339 e. The zero-order valence-electron chi connectivity index (χ0n) is 17.4. The number of hydrogen-bond acceptors (Lipinski definition) is 7. The highest BCUT2D eigenvalue weighted by atomic mass is 79.9. The summed E-state index contributed by atoms with van der Waals surface area (Å²) in [5.74, 6) is -1.79. The Morgan fingerprint density at radius 1 is 0.906 bits per heavy atom. The van der Waals surface area contributed by atoms with Gasteiger partial charge in [0.25, 0.3) is 0 Å². The maximum atomic E-state index is 12.4. The lowest BCUT2D eigenvalue weighted by Crippen LogP contribution is -2.61. The second-order valence-corrected chi connectivity index (χ2v) is 8.21. The fourth-order valence-corrected chi connectivity index (χ4v) is 4.06. The van der Waals surface area contributed by atoms with E-state index in [2.05, 4.69) is 15.9 Å². The average molecular weight is 528 g/mol. The Morgan fingerprint density at radius 2 is 1.44 bits per heavy atom. The number of rotatable bonds is 9. The van der Waals surface area contributed by atoms with Gasteiger partial charge in [0.2, 0.25) is 0 Å². The summed E-state index contributed by atoms with van der Waals surface area (Å²) >= 11 is 9.09. The molecule has 0 saturated carbocycles. The average Bonchev–Trinajstić information content (AvgIpc) is 2.83. The number of methoxy groups -OCH3 is 1. The van der Waals surface area contributed by atoms with Crippen LogP contribution in [-0.2, 0) is 46.5 Å². The van der Waals surface area contributed by atoms with Crippen LogP contribution in [-0.4, -0.2) is 54.4 Å². The SMILES string of the molecule is COC(=O)[C@H]1O[C@H](Br)[C@H](OCc2ccccc2)[C@@H](OCc2ccccc2)[C@@H]1OC(=O)CCl. The largest absolute Gasteiger partial charge is 0.467 e. The molecule has 2 aromatic rings. The quantitative estimate of drug-likeness (QED) is 0.364. The molecule has 0 N–H and O–H groups in total. The number of esters is 2. The summed E-state index contributed by atoms with van der Waals surface area (Å²) in [5.41, 5.74) is 1.85. The molecule has 0 unspecified atom stereocenters. The minimum absolute atomic E-state index is 0.208. The predicted molar refractivity (Wildman–Crippen MR) is 120 cm³/mol. The van der Waals surface area contributed by atoms with Gasteiger partial charge >= 0.3 is 11.9 Å². The van der Waals surface area contributed by atoms with Crippen molar-refractivity contribution < 1.29 is 33.3 Å². The number of carbonyl (C=O) groups excluding carboxylic acids is 2. The molecule has 172 valence electrons. The third kappa shape index (κ3) is 6.52. The first kappa shape index (κ1) is 24.7. The maximum absolute atomic E-state index is 12.4. The summed E-state index contributed by atoms with van der Waals surface area (Å²) in [6.45, 7) is 0.473. The first-order chi connectivity index (χ1) is 15.5. The lowest BCUT2D eigenvalue weighted by molar-refractivity contribution is -0.241. The van der Waals surface area contributed by atoms with Gasteiger partial charge < -0.3 is 23.7 Å². The van der Waals surface area contributed by atoms with Crippen LogP contribution < -0.4 is 0 Å². The van der Waals surface area contributed by atoms with Gasteiger partial charge in [0.05, 0.1) is 20.3 Å². The monoisotopic (exact) mass is 526 g/mol. The molecule has 0 amide bonds. The molecule has 9 heteroatoms.